The molecule has 1 unspecified atom stereocenters. The van der Waals surface area contributed by atoms with Crippen molar-refractivity contribution in [2.24, 2.45) is 17.8 Å². The molecule has 0 bridgehead atoms. The van der Waals surface area contributed by atoms with Crippen LogP contribution >= 0.6 is 0 Å². The fraction of sp³-hybridized carbons (Fsp3) is 0.414. The lowest BCUT2D eigenvalue weighted by Gasteiger charge is -2.30. The van der Waals surface area contributed by atoms with Crippen molar-refractivity contribution in [3.63, 3.8) is 0 Å². The molecule has 4 aliphatic rings. The van der Waals surface area contributed by atoms with Gasteiger partial charge >= 0.3 is 0 Å². The molecule has 6 nitrogen and oxygen atoms in total. The maximum absolute atomic E-state index is 13.5. The van der Waals surface area contributed by atoms with Gasteiger partial charge in [-0.05, 0) is 91.5 Å². The van der Waals surface area contributed by atoms with Crippen LogP contribution in [0.25, 0.3) is 16.6 Å². The number of benzene rings is 2. The van der Waals surface area contributed by atoms with Crippen LogP contribution in [-0.2, 0) is 15.6 Å². The van der Waals surface area contributed by atoms with Gasteiger partial charge in [-0.3, -0.25) is 0 Å². The van der Waals surface area contributed by atoms with Crippen molar-refractivity contribution in [1.29, 1.82) is 0 Å². The van der Waals surface area contributed by atoms with Crippen LogP contribution < -0.4 is 0 Å². The van der Waals surface area contributed by atoms with Crippen LogP contribution in [0.3, 0.4) is 0 Å². The highest BCUT2D eigenvalue weighted by molar-refractivity contribution is 7.86. The topological polar surface area (TPSA) is 58.4 Å². The fourth-order valence-corrected chi connectivity index (χ4v) is 9.13. The van der Waals surface area contributed by atoms with Crippen LogP contribution in [0.1, 0.15) is 30.4 Å². The molecule has 1 aromatic heterocycles. The minimum absolute atomic E-state index is 0.191. The van der Waals surface area contributed by atoms with E-state index in [0.29, 0.717) is 43.9 Å². The molecule has 0 N–H and O–H groups in total. The van der Waals surface area contributed by atoms with E-state index in [9.17, 15) is 12.8 Å². The second kappa shape index (κ2) is 8.35. The van der Waals surface area contributed by atoms with E-state index in [4.69, 9.17) is 0 Å². The predicted octanol–water partition coefficient (Wildman–Crippen LogP) is 4.75. The zero-order valence-electron chi connectivity index (χ0n) is 20.9. The van der Waals surface area contributed by atoms with Gasteiger partial charge in [-0.15, -0.1) is 0 Å². The Kier molecular flexibility index (Phi) is 5.26. The first-order valence-electron chi connectivity index (χ1n) is 13.2. The minimum Gasteiger partial charge on any atom is -0.233 e. The fourth-order valence-electron chi connectivity index (χ4n) is 7.36. The summed E-state index contributed by atoms with van der Waals surface area (Å²) in [5.41, 5.74) is 3.99. The quantitative estimate of drug-likeness (QED) is 0.490. The Morgan fingerprint density at radius 1 is 1.05 bits per heavy atom. The summed E-state index contributed by atoms with van der Waals surface area (Å²) in [6.45, 7) is 4.51. The number of aromatic nitrogens is 2. The van der Waals surface area contributed by atoms with Gasteiger partial charge in [0.2, 0.25) is 0 Å². The normalized spacial score (nSPS) is 29.8. The predicted molar refractivity (Wildman–Crippen MR) is 142 cm³/mol. The van der Waals surface area contributed by atoms with E-state index < -0.39 is 10.2 Å². The summed E-state index contributed by atoms with van der Waals surface area (Å²) in [6.07, 6.45) is 13.5. The van der Waals surface area contributed by atoms with Crippen LogP contribution in [0, 0.1) is 30.5 Å². The molecule has 7 rings (SSSR count). The summed E-state index contributed by atoms with van der Waals surface area (Å²) in [5.74, 6) is 0.866. The van der Waals surface area contributed by atoms with E-state index in [1.165, 1.54) is 17.7 Å². The Bertz CT molecular complexity index is 1540. The van der Waals surface area contributed by atoms with E-state index >= 15 is 0 Å². The summed E-state index contributed by atoms with van der Waals surface area (Å²) in [6, 6.07) is 10.8. The zero-order valence-corrected chi connectivity index (χ0v) is 21.7. The second-order valence-corrected chi connectivity index (χ2v) is 13.0. The molecule has 2 aromatic carbocycles. The van der Waals surface area contributed by atoms with E-state index in [1.807, 2.05) is 10.9 Å². The van der Waals surface area contributed by atoms with Gasteiger partial charge in [0.15, 0.2) is 0 Å². The van der Waals surface area contributed by atoms with E-state index in [-0.39, 0.29) is 11.2 Å². The number of hydrogen-bond donors (Lipinski definition) is 0. The van der Waals surface area contributed by atoms with Gasteiger partial charge in [0.05, 0.1) is 17.4 Å². The molecule has 3 heterocycles. The van der Waals surface area contributed by atoms with Gasteiger partial charge < -0.3 is 0 Å². The Balaban J connectivity index is 1.29. The summed E-state index contributed by atoms with van der Waals surface area (Å²) in [5, 5.41) is 5.63. The first kappa shape index (κ1) is 23.3. The lowest BCUT2D eigenvalue weighted by atomic mass is 9.83. The zero-order chi connectivity index (χ0) is 25.4. The van der Waals surface area contributed by atoms with Crippen LogP contribution in [0.4, 0.5) is 4.39 Å². The molecule has 0 amide bonds. The molecule has 2 saturated heterocycles. The van der Waals surface area contributed by atoms with Gasteiger partial charge in [0.25, 0.3) is 10.2 Å². The standard InChI is InChI=1S/C29H31FN4O2S/c1-20-15-27-22(17-31-34(27)24-11-9-23(30)10-12-24)16-25(20)29-19-33(37(35,36)32-13-5-6-14-32)18-26(29)28(29)21-7-3-2-4-8-21/h2-4,7,9-12,15-17,21,26,28H,5-6,8,13-14,18-19H2,1H3/t21?,26-,28-,29+/m0/s1. The number of piperidine rings is 1. The molecule has 192 valence electrons. The molecule has 3 aromatic rings. The van der Waals surface area contributed by atoms with Crippen molar-refractivity contribution >= 4 is 21.1 Å². The summed E-state index contributed by atoms with van der Waals surface area (Å²) in [7, 11) is -3.44. The van der Waals surface area contributed by atoms with Crippen LogP contribution in [-0.4, -0.2) is 53.0 Å². The van der Waals surface area contributed by atoms with Crippen LogP contribution in [0.2, 0.25) is 0 Å². The number of allylic oxidation sites excluding steroid dienone is 4. The molecule has 1 saturated carbocycles. The monoisotopic (exact) mass is 518 g/mol. The number of hydrogen-bond acceptors (Lipinski definition) is 3. The van der Waals surface area contributed by atoms with Crippen molar-refractivity contribution in [3.05, 3.63) is 83.8 Å². The van der Waals surface area contributed by atoms with Crippen molar-refractivity contribution in [2.75, 3.05) is 26.2 Å². The molecule has 4 atom stereocenters. The lowest BCUT2D eigenvalue weighted by Crippen LogP contribution is -2.44. The van der Waals surface area contributed by atoms with Crippen LogP contribution in [0.5, 0.6) is 0 Å². The smallest absolute Gasteiger partial charge is 0.233 e. The molecular weight excluding hydrogens is 487 g/mol. The SMILES string of the molecule is Cc1cc2c(cnn2-c2ccc(F)cc2)cc1[C@]12CN(S(=O)(=O)N3CCCC3)C[C@H]1[C@@H]2C1C=CC=CC1. The first-order valence-corrected chi connectivity index (χ1v) is 14.6. The number of rotatable bonds is 5. The average molecular weight is 519 g/mol. The molecular formula is C29H31FN4O2S. The molecule has 2 aliphatic heterocycles. The third-order valence-electron chi connectivity index (χ3n) is 9.10. The number of nitrogens with zero attached hydrogens (tertiary/aromatic N) is 4. The van der Waals surface area contributed by atoms with Gasteiger partial charge in [-0.2, -0.15) is 22.1 Å². The summed E-state index contributed by atoms with van der Waals surface area (Å²) >= 11 is 0. The number of halogens is 1. The number of aryl methyl sites for hydroxylation is 1. The van der Waals surface area contributed by atoms with Crippen molar-refractivity contribution in [3.8, 4) is 5.69 Å². The van der Waals surface area contributed by atoms with Crippen molar-refractivity contribution in [1.82, 2.24) is 18.4 Å². The van der Waals surface area contributed by atoms with Crippen LogP contribution in [0.15, 0.2) is 66.9 Å². The minimum atomic E-state index is -3.44. The highest BCUT2D eigenvalue weighted by atomic mass is 32.2. The number of fused-ring (bicyclic) bond motifs is 2. The summed E-state index contributed by atoms with van der Waals surface area (Å²) in [4.78, 5) is 0. The molecule has 0 radical (unpaired) electrons. The largest absolute Gasteiger partial charge is 0.282 e. The average Bonchev–Trinajstić information content (AvgIpc) is 3.41. The Morgan fingerprint density at radius 3 is 2.57 bits per heavy atom. The molecule has 8 heteroatoms. The van der Waals surface area contributed by atoms with E-state index in [0.717, 1.165) is 41.4 Å². The Morgan fingerprint density at radius 2 is 1.84 bits per heavy atom. The third kappa shape index (κ3) is 3.49. The highest BCUT2D eigenvalue weighted by Crippen LogP contribution is 2.69. The molecule has 37 heavy (non-hydrogen) atoms. The first-order chi connectivity index (χ1) is 17.9. The maximum atomic E-state index is 13.5. The van der Waals surface area contributed by atoms with Gasteiger partial charge in [0, 0.05) is 37.0 Å². The van der Waals surface area contributed by atoms with Crippen molar-refractivity contribution < 1.29 is 12.8 Å². The van der Waals surface area contributed by atoms with Gasteiger partial charge in [0.1, 0.15) is 5.82 Å². The van der Waals surface area contributed by atoms with Gasteiger partial charge in [-0.1, -0.05) is 24.3 Å². The lowest BCUT2D eigenvalue weighted by molar-refractivity contribution is 0.333. The Hall–Kier alpha value is -2.81. The van der Waals surface area contributed by atoms with E-state index in [2.05, 4.69) is 48.5 Å². The summed E-state index contributed by atoms with van der Waals surface area (Å²) < 4.78 is 45.8. The van der Waals surface area contributed by atoms with Gasteiger partial charge in [-0.25, -0.2) is 9.07 Å². The third-order valence-corrected chi connectivity index (χ3v) is 11.0. The highest BCUT2D eigenvalue weighted by Gasteiger charge is 2.72. The van der Waals surface area contributed by atoms with Crippen molar-refractivity contribution in [2.45, 2.75) is 31.6 Å². The Labute approximate surface area is 217 Å². The van der Waals surface area contributed by atoms with E-state index in [1.54, 1.807) is 20.7 Å². The molecule has 0 spiro atoms. The second-order valence-electron chi connectivity index (χ2n) is 11.1. The molecule has 2 aliphatic carbocycles. The molecule has 3 fully saturated rings. The maximum Gasteiger partial charge on any atom is 0.282 e.